The van der Waals surface area contributed by atoms with Gasteiger partial charge in [-0.05, 0) is 66.7 Å². The third-order valence-electron chi connectivity index (χ3n) is 13.3. The molecule has 0 aliphatic rings. The maximum absolute atomic E-state index is 13.9. The van der Waals surface area contributed by atoms with Gasteiger partial charge in [-0.2, -0.15) is 0 Å². The van der Waals surface area contributed by atoms with E-state index in [0.29, 0.717) is 147 Å². The van der Waals surface area contributed by atoms with Crippen LogP contribution in [0.1, 0.15) is 31.1 Å². The highest BCUT2D eigenvalue weighted by Gasteiger charge is 2.21. The predicted octanol–water partition coefficient (Wildman–Crippen LogP) is 3.84. The number of carbonyl (C=O) groups is 3. The molecule has 29 nitrogen and oxygen atoms in total. The number of hydrogen-bond donors (Lipinski definition) is 0. The molecule has 6 heterocycles. The van der Waals surface area contributed by atoms with Crippen LogP contribution in [-0.4, -0.2) is 218 Å². The Balaban J connectivity index is 0.895. The standard InChI is InChI=1S/C62H72N14O15/c1-71-37-48(56-41-73(67-63-56)52-10-6-8-45(32-52)60(77)89-27-24-86-21-18-83-15-12-80-3)30-50(39-71)58-43-75(69-65-58)54-34-47(62(79)91-29-26-88-23-20-85-17-14-82-5)35-55(36-54)76-44-59(66-70-76)51-31-49(38-72(2)40-51)57-42-74(68-64-57)53-11-7-9-46(33-53)61(78)90-28-25-87-22-19-84-16-13-81-4/h6-11,30-44H,12-29H2,1-5H3/q+2. The van der Waals surface area contributed by atoms with Crippen molar-refractivity contribution in [1.82, 2.24) is 60.0 Å². The second-order valence-electron chi connectivity index (χ2n) is 20.0. The Kier molecular flexibility index (Phi) is 25.0. The number of carbonyl (C=O) groups excluding carboxylic acids is 3. The fraction of sp³-hybridized carbons (Fsp3) is 0.371. The van der Waals surface area contributed by atoms with Gasteiger partial charge in [-0.25, -0.2) is 42.2 Å². The van der Waals surface area contributed by atoms with Crippen molar-refractivity contribution in [1.29, 1.82) is 0 Å². The molecule has 0 unspecified atom stereocenters. The van der Waals surface area contributed by atoms with Crippen LogP contribution in [-0.2, 0) is 70.9 Å². The van der Waals surface area contributed by atoms with Crippen LogP contribution >= 0.6 is 0 Å². The molecular weight excluding hydrogens is 1180 g/mol. The molecule has 0 fully saturated rings. The van der Waals surface area contributed by atoms with E-state index in [4.69, 9.17) is 56.8 Å². The number of rotatable bonds is 38. The quantitative estimate of drug-likeness (QED) is 0.0230. The number of aryl methyl sites for hydroxylation is 2. The first-order valence-electron chi connectivity index (χ1n) is 29.1. The summed E-state index contributed by atoms with van der Waals surface area (Å²) in [4.78, 5) is 39.8. The minimum absolute atomic E-state index is 0.0177. The van der Waals surface area contributed by atoms with E-state index in [2.05, 4.69) is 41.2 Å². The molecule has 0 amide bonds. The number of benzene rings is 3. The van der Waals surface area contributed by atoms with Gasteiger partial charge >= 0.3 is 17.9 Å². The van der Waals surface area contributed by atoms with Crippen LogP contribution in [0, 0.1) is 0 Å². The van der Waals surface area contributed by atoms with Crippen molar-refractivity contribution >= 4 is 17.9 Å². The van der Waals surface area contributed by atoms with E-state index in [1.807, 2.05) is 72.3 Å². The Morgan fingerprint density at radius 1 is 0.341 bits per heavy atom. The van der Waals surface area contributed by atoms with Gasteiger partial charge in [-0.1, -0.05) is 33.0 Å². The predicted molar refractivity (Wildman–Crippen MR) is 322 cm³/mol. The van der Waals surface area contributed by atoms with E-state index < -0.39 is 17.9 Å². The van der Waals surface area contributed by atoms with Crippen molar-refractivity contribution in [3.63, 3.8) is 0 Å². The van der Waals surface area contributed by atoms with Gasteiger partial charge in [0.05, 0.1) is 186 Å². The SMILES string of the molecule is COCCOCCOCCOC(=O)c1cccc(-n2cc(-c3cc(-c4cn(-c5cc(C(=O)OCCOCCOCCOC)cc(-n6cc(-c7cc(-c8cn(-c9cccc(C(=O)OCCOCCOCCOC)c9)nn8)c[n+](C)c7)nn6)c5)nn4)c[n+](C)c3)nn2)c1. The third kappa shape index (κ3) is 19.5. The lowest BCUT2D eigenvalue weighted by molar-refractivity contribution is -0.670. The molecule has 0 radical (unpaired) electrons. The maximum atomic E-state index is 13.9. The van der Waals surface area contributed by atoms with Gasteiger partial charge in [-0.15, -0.1) is 20.4 Å². The number of nitrogens with zero attached hydrogens (tertiary/aromatic N) is 14. The molecule has 0 aliphatic carbocycles. The van der Waals surface area contributed by atoms with Crippen LogP contribution in [0.25, 0.3) is 67.8 Å². The molecule has 0 atom stereocenters. The van der Waals surface area contributed by atoms with E-state index in [0.717, 1.165) is 11.1 Å². The Hall–Kier alpha value is -9.43. The molecule has 0 N–H and O–H groups in total. The molecular formula is C62H72N14O15+2. The Morgan fingerprint density at radius 2 is 0.615 bits per heavy atom. The van der Waals surface area contributed by atoms with E-state index in [1.54, 1.807) is 119 Å². The first kappa shape index (κ1) is 66.0. The van der Waals surface area contributed by atoms with E-state index in [9.17, 15) is 14.4 Å². The lowest BCUT2D eigenvalue weighted by atomic mass is 10.1. The van der Waals surface area contributed by atoms with Crippen LogP contribution < -0.4 is 9.13 Å². The van der Waals surface area contributed by atoms with Crippen LogP contribution in [0.2, 0.25) is 0 Å². The van der Waals surface area contributed by atoms with Gasteiger partial charge < -0.3 is 56.8 Å². The summed E-state index contributed by atoms with van der Waals surface area (Å²) in [7, 11) is 8.57. The molecule has 0 saturated carbocycles. The van der Waals surface area contributed by atoms with Gasteiger partial charge in [0, 0.05) is 21.3 Å². The molecule has 3 aromatic carbocycles. The van der Waals surface area contributed by atoms with E-state index >= 15 is 0 Å². The highest BCUT2D eigenvalue weighted by Crippen LogP contribution is 2.27. The van der Waals surface area contributed by atoms with E-state index in [1.165, 1.54) is 0 Å². The van der Waals surface area contributed by atoms with Gasteiger partial charge in [0.2, 0.25) is 0 Å². The second-order valence-corrected chi connectivity index (χ2v) is 20.0. The Bertz CT molecular complexity index is 3570. The van der Waals surface area contributed by atoms with Crippen molar-refractivity contribution in [2.24, 2.45) is 14.1 Å². The van der Waals surface area contributed by atoms with Gasteiger partial charge in [0.25, 0.3) is 0 Å². The lowest BCUT2D eigenvalue weighted by Crippen LogP contribution is -2.27. The number of aromatic nitrogens is 14. The molecule has 0 saturated heterocycles. The molecule has 0 spiro atoms. The highest BCUT2D eigenvalue weighted by molar-refractivity contribution is 5.91. The molecule has 91 heavy (non-hydrogen) atoms. The number of methoxy groups -OCH3 is 3. The van der Waals surface area contributed by atoms with Crippen molar-refractivity contribution < 1.29 is 80.4 Å². The van der Waals surface area contributed by atoms with Crippen molar-refractivity contribution in [3.8, 4) is 67.8 Å². The number of pyridine rings is 2. The Labute approximate surface area is 523 Å². The Morgan fingerprint density at radius 3 is 0.934 bits per heavy atom. The normalized spacial score (nSPS) is 11.4. The first-order valence-corrected chi connectivity index (χ1v) is 29.1. The molecule has 0 aliphatic heterocycles. The van der Waals surface area contributed by atoms with Crippen molar-refractivity contribution in [2.75, 3.05) is 140 Å². The highest BCUT2D eigenvalue weighted by atomic mass is 16.6. The first-order chi connectivity index (χ1) is 44.5. The average Bonchev–Trinajstić information content (AvgIpc) is 2.26. The van der Waals surface area contributed by atoms with E-state index in [-0.39, 0.29) is 45.2 Å². The van der Waals surface area contributed by atoms with Crippen LogP contribution in [0.5, 0.6) is 0 Å². The van der Waals surface area contributed by atoms with Crippen molar-refractivity contribution in [2.45, 2.75) is 0 Å². The van der Waals surface area contributed by atoms with Crippen molar-refractivity contribution in [3.05, 3.63) is 145 Å². The summed E-state index contributed by atoms with van der Waals surface area (Å²) in [5.74, 6) is -1.62. The van der Waals surface area contributed by atoms with Crippen LogP contribution in [0.3, 0.4) is 0 Å². The van der Waals surface area contributed by atoms with Gasteiger partial charge in [0.15, 0.2) is 24.8 Å². The largest absolute Gasteiger partial charge is 0.460 e. The number of hydrogen-bond acceptors (Lipinski definition) is 23. The second kappa shape index (κ2) is 34.5. The lowest BCUT2D eigenvalue weighted by Gasteiger charge is -2.10. The fourth-order valence-corrected chi connectivity index (χ4v) is 8.84. The minimum atomic E-state index is -0.613. The maximum Gasteiger partial charge on any atom is 0.338 e. The summed E-state index contributed by atoms with van der Waals surface area (Å²) in [6, 6.07) is 22.7. The third-order valence-corrected chi connectivity index (χ3v) is 13.3. The van der Waals surface area contributed by atoms with Crippen LogP contribution in [0.4, 0.5) is 0 Å². The fourth-order valence-electron chi connectivity index (χ4n) is 8.84. The zero-order valence-electron chi connectivity index (χ0n) is 51.2. The minimum Gasteiger partial charge on any atom is -0.460 e. The average molecular weight is 1250 g/mol. The summed E-state index contributed by atoms with van der Waals surface area (Å²) < 4.78 is 74.4. The monoisotopic (exact) mass is 1250 g/mol. The molecule has 9 aromatic rings. The zero-order chi connectivity index (χ0) is 63.6. The summed E-state index contributed by atoms with van der Waals surface area (Å²) in [6.45, 7) is 5.83. The number of ether oxygens (including phenoxy) is 12. The molecule has 6 aromatic heterocycles. The smallest absolute Gasteiger partial charge is 0.338 e. The zero-order valence-corrected chi connectivity index (χ0v) is 51.2. The van der Waals surface area contributed by atoms with Gasteiger partial charge in [0.1, 0.15) is 56.7 Å². The number of esters is 3. The topological polar surface area (TPSA) is 293 Å². The molecule has 29 heteroatoms. The summed E-state index contributed by atoms with van der Waals surface area (Å²) in [5, 5.41) is 35.8. The van der Waals surface area contributed by atoms with Gasteiger partial charge in [-0.3, -0.25) is 0 Å². The molecule has 478 valence electrons. The summed E-state index contributed by atoms with van der Waals surface area (Å²) >= 11 is 0. The molecule has 9 rings (SSSR count). The summed E-state index contributed by atoms with van der Waals surface area (Å²) in [6.07, 6.45) is 14.6. The van der Waals surface area contributed by atoms with Crippen LogP contribution in [0.15, 0.2) is 128 Å². The molecule has 0 bridgehead atoms. The summed E-state index contributed by atoms with van der Waals surface area (Å²) in [5.41, 5.74) is 7.97.